The van der Waals surface area contributed by atoms with Crippen LogP contribution < -0.4 is 0 Å². The average molecular weight is 224 g/mol. The summed E-state index contributed by atoms with van der Waals surface area (Å²) in [6, 6.07) is 2.28. The molecule has 2 nitrogen and oxygen atoms in total. The van der Waals surface area contributed by atoms with Gasteiger partial charge in [0.05, 0.1) is 5.92 Å². The van der Waals surface area contributed by atoms with Crippen LogP contribution in [0, 0.1) is 5.92 Å². The largest absolute Gasteiger partial charge is 0.481 e. The van der Waals surface area contributed by atoms with Crippen LogP contribution in [-0.4, -0.2) is 11.1 Å². The van der Waals surface area contributed by atoms with Gasteiger partial charge >= 0.3 is 5.97 Å². The molecular formula is C12H16O2S. The van der Waals surface area contributed by atoms with Crippen molar-refractivity contribution in [2.45, 2.75) is 39.0 Å². The molecule has 1 heterocycles. The summed E-state index contributed by atoms with van der Waals surface area (Å²) in [7, 11) is 0. The molecule has 0 aromatic carbocycles. The molecule has 1 aliphatic rings. The normalized spacial score (nSPS) is 16.3. The predicted octanol–water partition coefficient (Wildman–Crippen LogP) is 2.89. The van der Waals surface area contributed by atoms with E-state index in [0.29, 0.717) is 0 Å². The third-order valence-electron chi connectivity index (χ3n) is 3.04. The molecule has 15 heavy (non-hydrogen) atoms. The van der Waals surface area contributed by atoms with Crippen LogP contribution in [0.3, 0.4) is 0 Å². The van der Waals surface area contributed by atoms with Crippen LogP contribution in [0.25, 0.3) is 0 Å². The van der Waals surface area contributed by atoms with Gasteiger partial charge in [-0.1, -0.05) is 6.92 Å². The zero-order chi connectivity index (χ0) is 10.8. The first-order chi connectivity index (χ1) is 7.16. The van der Waals surface area contributed by atoms with Crippen molar-refractivity contribution in [2.75, 3.05) is 0 Å². The summed E-state index contributed by atoms with van der Waals surface area (Å²) in [6.07, 6.45) is 5.43. The van der Waals surface area contributed by atoms with Crippen LogP contribution in [0.2, 0.25) is 0 Å². The molecule has 82 valence electrons. The molecule has 2 rings (SSSR count). The van der Waals surface area contributed by atoms with Gasteiger partial charge in [-0.25, -0.2) is 0 Å². The first kappa shape index (κ1) is 10.7. The Kier molecular flexibility index (Phi) is 3.10. The minimum atomic E-state index is -0.681. The monoisotopic (exact) mass is 224 g/mol. The molecule has 0 aliphatic heterocycles. The number of carboxylic acids is 1. The molecule has 0 saturated heterocycles. The van der Waals surface area contributed by atoms with Crippen LogP contribution in [-0.2, 0) is 24.1 Å². The highest BCUT2D eigenvalue weighted by molar-refractivity contribution is 7.12. The molecule has 1 atom stereocenters. The van der Waals surface area contributed by atoms with Crippen LogP contribution in [0.1, 0.15) is 35.1 Å². The van der Waals surface area contributed by atoms with Crippen molar-refractivity contribution in [3.63, 3.8) is 0 Å². The molecule has 3 heteroatoms. The highest BCUT2D eigenvalue weighted by Crippen LogP contribution is 2.31. The summed E-state index contributed by atoms with van der Waals surface area (Å²) >= 11 is 1.88. The summed E-state index contributed by atoms with van der Waals surface area (Å²) in [5.41, 5.74) is 1.51. The lowest BCUT2D eigenvalue weighted by Gasteiger charge is -2.03. The van der Waals surface area contributed by atoms with Crippen molar-refractivity contribution in [2.24, 2.45) is 5.92 Å². The second-order valence-corrected chi connectivity index (χ2v) is 5.51. The van der Waals surface area contributed by atoms with E-state index in [2.05, 4.69) is 6.07 Å². The summed E-state index contributed by atoms with van der Waals surface area (Å²) in [4.78, 5) is 13.6. The summed E-state index contributed by atoms with van der Waals surface area (Å²) in [5.74, 6) is -0.902. The molecular weight excluding hydrogens is 208 g/mol. The number of aliphatic carboxylic acids is 1. The molecule has 1 aromatic rings. The topological polar surface area (TPSA) is 37.3 Å². The van der Waals surface area contributed by atoms with E-state index in [1.165, 1.54) is 34.6 Å². The molecule has 1 N–H and O–H groups in total. The van der Waals surface area contributed by atoms with E-state index in [9.17, 15) is 4.79 Å². The van der Waals surface area contributed by atoms with Crippen molar-refractivity contribution in [1.82, 2.24) is 0 Å². The highest BCUT2D eigenvalue weighted by atomic mass is 32.1. The van der Waals surface area contributed by atoms with E-state index in [4.69, 9.17) is 5.11 Å². The second kappa shape index (κ2) is 4.35. The van der Waals surface area contributed by atoms with E-state index in [1.54, 1.807) is 6.92 Å². The molecule has 0 saturated carbocycles. The van der Waals surface area contributed by atoms with Crippen LogP contribution in [0.4, 0.5) is 0 Å². The third kappa shape index (κ3) is 2.40. The number of hydrogen-bond donors (Lipinski definition) is 1. The standard InChI is InChI=1S/C12H16O2S/c1-8(12(13)14)5-6-10-7-9-3-2-4-11(9)15-10/h7-8H,2-6H2,1H3,(H,13,14). The maximum atomic E-state index is 10.7. The summed E-state index contributed by atoms with van der Waals surface area (Å²) in [5, 5.41) is 8.78. The van der Waals surface area contributed by atoms with Crippen molar-refractivity contribution < 1.29 is 9.90 Å². The van der Waals surface area contributed by atoms with E-state index >= 15 is 0 Å². The minimum Gasteiger partial charge on any atom is -0.481 e. The molecule has 0 fully saturated rings. The Morgan fingerprint density at radius 3 is 3.07 bits per heavy atom. The zero-order valence-corrected chi connectivity index (χ0v) is 9.77. The summed E-state index contributed by atoms with van der Waals surface area (Å²) < 4.78 is 0. The zero-order valence-electron chi connectivity index (χ0n) is 8.95. The number of fused-ring (bicyclic) bond motifs is 1. The van der Waals surface area contributed by atoms with Gasteiger partial charge in [-0.2, -0.15) is 0 Å². The van der Waals surface area contributed by atoms with Gasteiger partial charge in [0.1, 0.15) is 0 Å². The average Bonchev–Trinajstić information content (AvgIpc) is 2.72. The Balaban J connectivity index is 1.91. The number of rotatable bonds is 4. The molecule has 1 aromatic heterocycles. The van der Waals surface area contributed by atoms with Gasteiger partial charge < -0.3 is 5.11 Å². The minimum absolute atomic E-state index is 0.220. The third-order valence-corrected chi connectivity index (χ3v) is 4.34. The van der Waals surface area contributed by atoms with Gasteiger partial charge in [-0.15, -0.1) is 11.3 Å². The fourth-order valence-corrected chi connectivity index (χ4v) is 3.27. The predicted molar refractivity (Wildman–Crippen MR) is 61.5 cm³/mol. The van der Waals surface area contributed by atoms with Crippen LogP contribution in [0.15, 0.2) is 6.07 Å². The number of carboxylic acid groups (broad SMARTS) is 1. The Morgan fingerprint density at radius 2 is 2.40 bits per heavy atom. The molecule has 1 aliphatic carbocycles. The Morgan fingerprint density at radius 1 is 1.60 bits per heavy atom. The molecule has 0 radical (unpaired) electrons. The van der Waals surface area contributed by atoms with Gasteiger partial charge in [0.2, 0.25) is 0 Å². The first-order valence-corrected chi connectivity index (χ1v) is 6.31. The van der Waals surface area contributed by atoms with Gasteiger partial charge in [0.25, 0.3) is 0 Å². The SMILES string of the molecule is CC(CCc1cc2c(s1)CCC2)C(=O)O. The van der Waals surface area contributed by atoms with E-state index in [0.717, 1.165) is 12.8 Å². The van der Waals surface area contributed by atoms with Crippen molar-refractivity contribution in [3.05, 3.63) is 21.4 Å². The first-order valence-electron chi connectivity index (χ1n) is 5.50. The van der Waals surface area contributed by atoms with Crippen molar-refractivity contribution in [3.8, 4) is 0 Å². The number of thiophene rings is 1. The van der Waals surface area contributed by atoms with Crippen LogP contribution in [0.5, 0.6) is 0 Å². The smallest absolute Gasteiger partial charge is 0.306 e. The number of aryl methyl sites for hydroxylation is 3. The molecule has 0 spiro atoms. The Bertz CT molecular complexity index is 346. The molecule has 0 bridgehead atoms. The van der Waals surface area contributed by atoms with Gasteiger partial charge in [0, 0.05) is 9.75 Å². The maximum Gasteiger partial charge on any atom is 0.306 e. The summed E-state index contributed by atoms with van der Waals surface area (Å²) in [6.45, 7) is 1.78. The fraction of sp³-hybridized carbons (Fsp3) is 0.583. The highest BCUT2D eigenvalue weighted by Gasteiger charge is 2.16. The van der Waals surface area contributed by atoms with Gasteiger partial charge in [-0.05, 0) is 43.7 Å². The van der Waals surface area contributed by atoms with Gasteiger partial charge in [-0.3, -0.25) is 4.79 Å². The van der Waals surface area contributed by atoms with Crippen LogP contribution >= 0.6 is 11.3 Å². The Labute approximate surface area is 93.9 Å². The lowest BCUT2D eigenvalue weighted by molar-refractivity contribution is -0.141. The molecule has 0 amide bonds. The quantitative estimate of drug-likeness (QED) is 0.853. The Hall–Kier alpha value is -0.830. The van der Waals surface area contributed by atoms with E-state index in [1.807, 2.05) is 11.3 Å². The fourth-order valence-electron chi connectivity index (χ4n) is 2.00. The maximum absolute atomic E-state index is 10.7. The lowest BCUT2D eigenvalue weighted by Crippen LogP contribution is -2.09. The van der Waals surface area contributed by atoms with Gasteiger partial charge in [0.15, 0.2) is 0 Å². The van der Waals surface area contributed by atoms with Crippen molar-refractivity contribution in [1.29, 1.82) is 0 Å². The van der Waals surface area contributed by atoms with E-state index in [-0.39, 0.29) is 5.92 Å². The van der Waals surface area contributed by atoms with Crippen molar-refractivity contribution >= 4 is 17.3 Å². The number of carbonyl (C=O) groups is 1. The number of hydrogen-bond acceptors (Lipinski definition) is 2. The second-order valence-electron chi connectivity index (χ2n) is 4.29. The van der Waals surface area contributed by atoms with E-state index < -0.39 is 5.97 Å². The lowest BCUT2D eigenvalue weighted by atomic mass is 10.1. The molecule has 1 unspecified atom stereocenters.